The van der Waals surface area contributed by atoms with E-state index in [1.807, 2.05) is 152 Å². The molecule has 0 aliphatic rings. The maximum Gasteiger partial charge on any atom is 0.335 e. The van der Waals surface area contributed by atoms with E-state index in [1.165, 1.54) is 6.92 Å². The van der Waals surface area contributed by atoms with Crippen LogP contribution in [-0.4, -0.2) is 178 Å². The van der Waals surface area contributed by atoms with Crippen molar-refractivity contribution in [2.45, 2.75) is 290 Å². The Morgan fingerprint density at radius 1 is 0.359 bits per heavy atom. The van der Waals surface area contributed by atoms with E-state index in [0.717, 1.165) is 0 Å². The lowest BCUT2D eigenvalue weighted by atomic mass is 10.1. The van der Waals surface area contributed by atoms with Crippen molar-refractivity contribution in [2.24, 2.45) is 11.8 Å². The molecule has 78 heavy (non-hydrogen) atoms. The lowest BCUT2D eigenvalue weighted by Crippen LogP contribution is -2.36. The van der Waals surface area contributed by atoms with Gasteiger partial charge in [-0.15, -0.1) is 0 Å². The number of ketones is 1. The van der Waals surface area contributed by atoms with E-state index in [0.29, 0.717) is 12.8 Å². The summed E-state index contributed by atoms with van der Waals surface area (Å²) >= 11 is 0. The van der Waals surface area contributed by atoms with Gasteiger partial charge in [0.2, 0.25) is 0 Å². The lowest BCUT2D eigenvalue weighted by Gasteiger charge is -2.27. The summed E-state index contributed by atoms with van der Waals surface area (Å²) in [7, 11) is 0. The molecule has 0 aromatic heterocycles. The van der Waals surface area contributed by atoms with Gasteiger partial charge >= 0.3 is 35.8 Å². The van der Waals surface area contributed by atoms with E-state index in [2.05, 4.69) is 0 Å². The fraction of sp³-hybridized carbons (Fsp3) is 0.875. The Kier molecular flexibility index (Phi) is 48.9. The molecular weight excluding hydrogens is 1020 g/mol. The monoisotopic (exact) mass is 1140 g/mol. The van der Waals surface area contributed by atoms with E-state index in [-0.39, 0.29) is 60.7 Å². The fourth-order valence-corrected chi connectivity index (χ4v) is 4.72. The SMILES string of the molecule is C.CC(=O)[C@H](CO)OC(C)(C)C.CC(C)(C)OCC(=O)O.CC(C)(C)O[C@H](CO)C(=O)O.CC(C)[C@@H](OC(C)(C)C)C(=O)O.CC(C)[C@H](OC(C)(C)C)C(=O)O.CC[C@@H](OC(C)(C)C)C(=O)O.CC[C@H](OC(C)(C)C)C(=O)O. The summed E-state index contributed by atoms with van der Waals surface area (Å²) in [5, 5.41) is 68.7. The highest BCUT2D eigenvalue weighted by atomic mass is 16.6. The second kappa shape index (κ2) is 42.0. The summed E-state index contributed by atoms with van der Waals surface area (Å²) in [6.07, 6.45) is -3.52. The van der Waals surface area contributed by atoms with Crippen molar-refractivity contribution < 1.29 is 108 Å². The molecule has 0 fully saturated rings. The normalized spacial score (nSPS) is 14.1. The molecule has 0 bridgehead atoms. The highest BCUT2D eigenvalue weighted by Crippen LogP contribution is 2.19. The Morgan fingerprint density at radius 3 is 0.641 bits per heavy atom. The zero-order valence-corrected chi connectivity index (χ0v) is 52.4. The summed E-state index contributed by atoms with van der Waals surface area (Å²) in [6.45, 7) is 49.8. The van der Waals surface area contributed by atoms with E-state index in [9.17, 15) is 33.6 Å². The highest BCUT2D eigenvalue weighted by Gasteiger charge is 2.29. The second-order valence-electron chi connectivity index (χ2n) is 24.9. The van der Waals surface area contributed by atoms with Gasteiger partial charge in [0.05, 0.1) is 52.4 Å². The number of Topliss-reactive ketones (excluding diaryl/α,β-unsaturated/α-hetero) is 1. The van der Waals surface area contributed by atoms with Gasteiger partial charge < -0.3 is 74.0 Å². The van der Waals surface area contributed by atoms with Gasteiger partial charge in [0.15, 0.2) is 36.3 Å². The van der Waals surface area contributed by atoms with Gasteiger partial charge in [-0.1, -0.05) is 49.0 Å². The minimum absolute atomic E-state index is 0. The molecule has 0 saturated heterocycles. The molecule has 0 amide bonds. The van der Waals surface area contributed by atoms with Crippen molar-refractivity contribution in [3.05, 3.63) is 0 Å². The van der Waals surface area contributed by atoms with Crippen LogP contribution in [0.1, 0.15) is 214 Å². The number of aliphatic carboxylic acids is 6. The number of aliphatic hydroxyl groups excluding tert-OH is 2. The molecule has 0 radical (unpaired) electrons. The molecule has 0 aliphatic carbocycles. The number of carbonyl (C=O) groups excluding carboxylic acids is 1. The Balaban J connectivity index is -0.000000122. The first-order valence-corrected chi connectivity index (χ1v) is 25.6. The lowest BCUT2D eigenvalue weighted by molar-refractivity contribution is -0.165. The summed E-state index contributed by atoms with van der Waals surface area (Å²) in [4.78, 5) is 73.4. The molecule has 0 rings (SSSR count). The van der Waals surface area contributed by atoms with E-state index < -0.39 is 95.8 Å². The van der Waals surface area contributed by atoms with Crippen LogP contribution in [0.4, 0.5) is 0 Å². The van der Waals surface area contributed by atoms with Crippen molar-refractivity contribution >= 4 is 41.6 Å². The third kappa shape index (κ3) is 70.1. The number of carboxylic acids is 6. The van der Waals surface area contributed by atoms with Gasteiger partial charge in [0, 0.05) is 0 Å². The minimum Gasteiger partial charge on any atom is -0.480 e. The molecule has 0 unspecified atom stereocenters. The van der Waals surface area contributed by atoms with Gasteiger partial charge in [-0.3, -0.25) is 4.79 Å². The first-order valence-electron chi connectivity index (χ1n) is 25.6. The summed E-state index contributed by atoms with van der Waals surface area (Å²) in [5.74, 6) is -5.75. The number of hydrogen-bond donors (Lipinski definition) is 8. The quantitative estimate of drug-likeness (QED) is 0.0562. The molecule has 0 spiro atoms. The van der Waals surface area contributed by atoms with Crippen molar-refractivity contribution in [1.82, 2.24) is 0 Å². The molecular formula is C56H114O22. The minimum atomic E-state index is -1.14. The average molecular weight is 1140 g/mol. The van der Waals surface area contributed by atoms with Gasteiger partial charge in [-0.25, -0.2) is 28.8 Å². The smallest absolute Gasteiger partial charge is 0.335 e. The number of hydrogen-bond acceptors (Lipinski definition) is 16. The highest BCUT2D eigenvalue weighted by molar-refractivity contribution is 5.80. The zero-order valence-electron chi connectivity index (χ0n) is 52.4. The molecule has 0 heterocycles. The maximum absolute atomic E-state index is 10.8. The van der Waals surface area contributed by atoms with E-state index in [4.69, 9.17) is 74.0 Å². The third-order valence-electron chi connectivity index (χ3n) is 7.62. The Labute approximate surface area is 469 Å². The van der Waals surface area contributed by atoms with Crippen molar-refractivity contribution in [3.63, 3.8) is 0 Å². The van der Waals surface area contributed by atoms with Gasteiger partial charge in [-0.05, 0) is 177 Å². The summed E-state index contributed by atoms with van der Waals surface area (Å²) in [5.41, 5.74) is -2.80. The molecule has 0 aromatic carbocycles. The summed E-state index contributed by atoms with van der Waals surface area (Å²) < 4.78 is 36.4. The molecule has 0 aliphatic heterocycles. The zero-order chi connectivity index (χ0) is 63.6. The fourth-order valence-electron chi connectivity index (χ4n) is 4.72. The van der Waals surface area contributed by atoms with Crippen LogP contribution in [0.3, 0.4) is 0 Å². The van der Waals surface area contributed by atoms with Gasteiger partial charge in [-0.2, -0.15) is 0 Å². The van der Waals surface area contributed by atoms with Crippen LogP contribution in [0, 0.1) is 11.8 Å². The van der Waals surface area contributed by atoms with Gasteiger partial charge in [0.25, 0.3) is 0 Å². The number of aliphatic hydroxyl groups is 2. The maximum atomic E-state index is 10.8. The van der Waals surface area contributed by atoms with Crippen molar-refractivity contribution in [3.8, 4) is 0 Å². The molecule has 0 saturated carbocycles. The first kappa shape index (κ1) is 90.7. The van der Waals surface area contributed by atoms with Crippen LogP contribution in [0.2, 0.25) is 0 Å². The standard InChI is InChI=1S/2C9H18O3.3C8H16O3.C7H14O4.C6H12O3.CH4/c2*1-6(2)7(8(10)11)12-9(3,4)5;1-6(10)7(5-9)11-8(2,3)4;2*1-5-6(7(9)10)11-8(2,3)4;1-7(2,3)11-5(4-8)6(9)10;1-6(2,3)9-4-5(7)8;/h2*6-7H,1-5H3,(H,10,11);7,9H,5H2,1-4H3;2*6H,5H2,1-4H3,(H,9,10);5,8H,4H2,1-3H3,(H,9,10);4H2,1-3H3,(H,7,8);1H4/t3*7-;2*6-;5-;;/m100101../s1. The summed E-state index contributed by atoms with van der Waals surface area (Å²) in [6, 6.07) is 0. The molecule has 8 N–H and O–H groups in total. The number of ether oxygens (including phenoxy) is 7. The van der Waals surface area contributed by atoms with Crippen molar-refractivity contribution in [2.75, 3.05) is 19.8 Å². The molecule has 22 nitrogen and oxygen atoms in total. The van der Waals surface area contributed by atoms with Crippen LogP contribution in [0.15, 0.2) is 0 Å². The largest absolute Gasteiger partial charge is 0.480 e. The van der Waals surface area contributed by atoms with Gasteiger partial charge in [0.1, 0.15) is 12.7 Å². The molecule has 22 heteroatoms. The first-order chi connectivity index (χ1) is 33.9. The Bertz CT molecular complexity index is 1450. The Hall–Kier alpha value is -3.87. The third-order valence-corrected chi connectivity index (χ3v) is 7.62. The van der Waals surface area contributed by atoms with Crippen LogP contribution < -0.4 is 0 Å². The van der Waals surface area contributed by atoms with E-state index in [1.54, 1.807) is 34.6 Å². The van der Waals surface area contributed by atoms with Crippen molar-refractivity contribution in [1.29, 1.82) is 0 Å². The molecule has 0 aromatic rings. The van der Waals surface area contributed by atoms with Crippen LogP contribution >= 0.6 is 0 Å². The number of carboxylic acid groups (broad SMARTS) is 6. The topological polar surface area (TPSA) is 346 Å². The van der Waals surface area contributed by atoms with Crippen LogP contribution in [-0.2, 0) is 66.7 Å². The van der Waals surface area contributed by atoms with E-state index >= 15 is 0 Å². The molecule has 6 atom stereocenters. The average Bonchev–Trinajstić information content (AvgIpc) is 3.19. The number of carbonyl (C=O) groups is 7. The van der Waals surface area contributed by atoms with Crippen LogP contribution in [0.5, 0.6) is 0 Å². The predicted octanol–water partition coefficient (Wildman–Crippen LogP) is 9.67. The Morgan fingerprint density at radius 2 is 0.577 bits per heavy atom. The molecule has 470 valence electrons. The number of rotatable bonds is 20. The van der Waals surface area contributed by atoms with Crippen LogP contribution in [0.25, 0.3) is 0 Å². The second-order valence-corrected chi connectivity index (χ2v) is 24.9. The predicted molar refractivity (Wildman–Crippen MR) is 301 cm³/mol.